The second-order valence-electron chi connectivity index (χ2n) is 4.33. The molecular weight excluding hydrogens is 264 g/mol. The molecule has 0 aliphatic carbocycles. The zero-order valence-corrected chi connectivity index (χ0v) is 10.4. The average Bonchev–Trinajstić information content (AvgIpc) is 2.79. The van der Waals surface area contributed by atoms with Gasteiger partial charge in [-0.1, -0.05) is 6.07 Å². The van der Waals surface area contributed by atoms with Crippen molar-refractivity contribution >= 4 is 16.7 Å². The van der Waals surface area contributed by atoms with Crippen LogP contribution in [0.1, 0.15) is 5.82 Å². The van der Waals surface area contributed by atoms with Gasteiger partial charge in [-0.25, -0.2) is 13.8 Å². The minimum Gasteiger partial charge on any atom is -0.486 e. The highest BCUT2D eigenvalue weighted by atomic mass is 19.2. The van der Waals surface area contributed by atoms with E-state index in [0.717, 1.165) is 12.1 Å². The van der Waals surface area contributed by atoms with Gasteiger partial charge >= 0.3 is 0 Å². The van der Waals surface area contributed by atoms with Crippen molar-refractivity contribution in [2.75, 3.05) is 5.73 Å². The fourth-order valence-electron chi connectivity index (χ4n) is 1.88. The first-order chi connectivity index (χ1) is 9.61. The summed E-state index contributed by atoms with van der Waals surface area (Å²) in [4.78, 5) is 7.01. The Bertz CT molecular complexity index is 731. The highest BCUT2D eigenvalue weighted by Crippen LogP contribution is 2.18. The molecular formula is C14H11F2N3O. The molecule has 0 amide bonds. The molecule has 3 aromatic rings. The minimum absolute atomic E-state index is 0.154. The van der Waals surface area contributed by atoms with Gasteiger partial charge in [-0.3, -0.25) is 0 Å². The van der Waals surface area contributed by atoms with Gasteiger partial charge in [-0.05, 0) is 12.1 Å². The molecule has 1 aromatic heterocycles. The van der Waals surface area contributed by atoms with Crippen molar-refractivity contribution in [3.63, 3.8) is 0 Å². The van der Waals surface area contributed by atoms with Crippen molar-refractivity contribution in [1.29, 1.82) is 0 Å². The highest BCUT2D eigenvalue weighted by Gasteiger charge is 2.09. The monoisotopic (exact) mass is 275 g/mol. The number of fused-ring (bicyclic) bond motifs is 1. The van der Waals surface area contributed by atoms with Gasteiger partial charge in [0.25, 0.3) is 0 Å². The lowest BCUT2D eigenvalue weighted by molar-refractivity contribution is 0.297. The van der Waals surface area contributed by atoms with E-state index < -0.39 is 11.6 Å². The largest absolute Gasteiger partial charge is 0.486 e. The van der Waals surface area contributed by atoms with E-state index in [1.807, 2.05) is 0 Å². The smallest absolute Gasteiger partial charge is 0.161 e. The third kappa shape index (κ3) is 2.40. The number of nitrogen functional groups attached to an aromatic ring is 1. The third-order valence-corrected chi connectivity index (χ3v) is 2.81. The number of benzene rings is 2. The Morgan fingerprint density at radius 2 is 1.95 bits per heavy atom. The molecule has 4 nitrogen and oxygen atoms in total. The number of H-pyrrole nitrogens is 1. The van der Waals surface area contributed by atoms with Gasteiger partial charge in [-0.15, -0.1) is 0 Å². The van der Waals surface area contributed by atoms with Crippen molar-refractivity contribution in [3.8, 4) is 5.75 Å². The lowest BCUT2D eigenvalue weighted by atomic mass is 10.3. The Morgan fingerprint density at radius 1 is 1.15 bits per heavy atom. The Labute approximate surface area is 113 Å². The van der Waals surface area contributed by atoms with E-state index in [4.69, 9.17) is 10.5 Å². The van der Waals surface area contributed by atoms with Crippen LogP contribution in [0.25, 0.3) is 11.0 Å². The number of ether oxygens (including phenoxy) is 1. The van der Waals surface area contributed by atoms with Crippen LogP contribution in [0.3, 0.4) is 0 Å². The number of nitrogens with zero attached hydrogens (tertiary/aromatic N) is 1. The van der Waals surface area contributed by atoms with Crippen LogP contribution >= 0.6 is 0 Å². The second kappa shape index (κ2) is 4.80. The van der Waals surface area contributed by atoms with Gasteiger partial charge in [0.15, 0.2) is 11.6 Å². The topological polar surface area (TPSA) is 63.9 Å². The first kappa shape index (κ1) is 12.4. The Balaban J connectivity index is 1.81. The van der Waals surface area contributed by atoms with Crippen molar-refractivity contribution in [1.82, 2.24) is 9.97 Å². The molecule has 3 N–H and O–H groups in total. The maximum atomic E-state index is 13.1. The number of nitrogens with two attached hydrogens (primary N) is 1. The molecule has 3 rings (SSSR count). The molecule has 0 fully saturated rings. The zero-order valence-electron chi connectivity index (χ0n) is 10.4. The van der Waals surface area contributed by atoms with Crippen molar-refractivity contribution in [3.05, 3.63) is 53.9 Å². The SMILES string of the molecule is Nc1cccc(OCc2nc3cc(F)c(F)cc3[nH]2)c1. The van der Waals surface area contributed by atoms with Gasteiger partial charge in [0.05, 0.1) is 11.0 Å². The minimum atomic E-state index is -0.924. The van der Waals surface area contributed by atoms with E-state index in [0.29, 0.717) is 28.3 Å². The number of imidazole rings is 1. The van der Waals surface area contributed by atoms with E-state index in [9.17, 15) is 8.78 Å². The average molecular weight is 275 g/mol. The summed E-state index contributed by atoms with van der Waals surface area (Å²) in [6, 6.07) is 9.08. The van der Waals surface area contributed by atoms with E-state index in [1.54, 1.807) is 24.3 Å². The number of anilines is 1. The zero-order chi connectivity index (χ0) is 14.1. The summed E-state index contributed by atoms with van der Waals surface area (Å²) in [5.41, 5.74) is 7.01. The molecule has 1 heterocycles. The first-order valence-electron chi connectivity index (χ1n) is 5.94. The lowest BCUT2D eigenvalue weighted by Crippen LogP contribution is -1.97. The number of halogens is 2. The summed E-state index contributed by atoms with van der Waals surface area (Å²) in [6.07, 6.45) is 0. The predicted octanol–water partition coefficient (Wildman–Crippen LogP) is 3.00. The molecule has 0 saturated carbocycles. The molecule has 0 saturated heterocycles. The Kier molecular flexibility index (Phi) is 2.98. The van der Waals surface area contributed by atoms with Crippen molar-refractivity contribution in [2.45, 2.75) is 6.61 Å². The molecule has 20 heavy (non-hydrogen) atoms. The standard InChI is InChI=1S/C14H11F2N3O/c15-10-5-12-13(6-11(10)16)19-14(18-12)7-20-9-3-1-2-8(17)4-9/h1-6H,7,17H2,(H,18,19). The van der Waals surface area contributed by atoms with Crippen LogP contribution in [0.4, 0.5) is 14.5 Å². The quantitative estimate of drug-likeness (QED) is 0.722. The van der Waals surface area contributed by atoms with Crippen molar-refractivity contribution < 1.29 is 13.5 Å². The van der Waals surface area contributed by atoms with Gasteiger partial charge in [0.2, 0.25) is 0 Å². The number of rotatable bonds is 3. The summed E-state index contributed by atoms with van der Waals surface area (Å²) in [7, 11) is 0. The first-order valence-corrected chi connectivity index (χ1v) is 5.94. The molecule has 0 radical (unpaired) electrons. The molecule has 0 bridgehead atoms. The lowest BCUT2D eigenvalue weighted by Gasteiger charge is -2.04. The summed E-state index contributed by atoms with van der Waals surface area (Å²) < 4.78 is 31.7. The molecule has 0 unspecified atom stereocenters. The Morgan fingerprint density at radius 3 is 2.75 bits per heavy atom. The fourth-order valence-corrected chi connectivity index (χ4v) is 1.88. The van der Waals surface area contributed by atoms with Crippen LogP contribution in [0.2, 0.25) is 0 Å². The number of hydrogen-bond acceptors (Lipinski definition) is 3. The predicted molar refractivity (Wildman–Crippen MR) is 71.2 cm³/mol. The summed E-state index contributed by atoms with van der Waals surface area (Å²) >= 11 is 0. The molecule has 0 spiro atoms. The summed E-state index contributed by atoms with van der Waals surface area (Å²) in [5.74, 6) is -0.757. The number of aromatic nitrogens is 2. The maximum absolute atomic E-state index is 13.1. The van der Waals surface area contributed by atoms with Gasteiger partial charge in [0.1, 0.15) is 18.2 Å². The molecule has 0 aliphatic heterocycles. The fraction of sp³-hybridized carbons (Fsp3) is 0.0714. The van der Waals surface area contributed by atoms with E-state index in [2.05, 4.69) is 9.97 Å². The molecule has 102 valence electrons. The number of aromatic amines is 1. The van der Waals surface area contributed by atoms with Crippen LogP contribution in [0.5, 0.6) is 5.75 Å². The Hall–Kier alpha value is -2.63. The molecule has 2 aromatic carbocycles. The van der Waals surface area contributed by atoms with E-state index in [-0.39, 0.29) is 6.61 Å². The van der Waals surface area contributed by atoms with Crippen LogP contribution in [-0.4, -0.2) is 9.97 Å². The van der Waals surface area contributed by atoms with Crippen LogP contribution in [0, 0.1) is 11.6 Å². The summed E-state index contributed by atoms with van der Waals surface area (Å²) in [6.45, 7) is 0.154. The van der Waals surface area contributed by atoms with Crippen LogP contribution in [0.15, 0.2) is 36.4 Å². The molecule has 0 aliphatic rings. The van der Waals surface area contributed by atoms with E-state index in [1.165, 1.54) is 0 Å². The molecule has 6 heteroatoms. The van der Waals surface area contributed by atoms with E-state index >= 15 is 0 Å². The van der Waals surface area contributed by atoms with Crippen LogP contribution in [-0.2, 0) is 6.61 Å². The van der Waals surface area contributed by atoms with Gasteiger partial charge in [-0.2, -0.15) is 0 Å². The van der Waals surface area contributed by atoms with Gasteiger partial charge < -0.3 is 15.5 Å². The number of nitrogens with one attached hydrogen (secondary N) is 1. The summed E-state index contributed by atoms with van der Waals surface area (Å²) in [5, 5.41) is 0. The normalized spacial score (nSPS) is 10.9. The maximum Gasteiger partial charge on any atom is 0.161 e. The van der Waals surface area contributed by atoms with Crippen molar-refractivity contribution in [2.24, 2.45) is 0 Å². The van der Waals surface area contributed by atoms with Gasteiger partial charge in [0, 0.05) is 23.9 Å². The molecule has 0 atom stereocenters. The van der Waals surface area contributed by atoms with Crippen LogP contribution < -0.4 is 10.5 Å². The second-order valence-corrected chi connectivity index (χ2v) is 4.33. The highest BCUT2D eigenvalue weighted by molar-refractivity contribution is 5.75. The number of hydrogen-bond donors (Lipinski definition) is 2. The third-order valence-electron chi connectivity index (χ3n) is 2.81.